The van der Waals surface area contributed by atoms with Crippen molar-refractivity contribution in [2.75, 3.05) is 4.90 Å². The highest BCUT2D eigenvalue weighted by Crippen LogP contribution is 2.33. The summed E-state index contributed by atoms with van der Waals surface area (Å²) in [6.45, 7) is 3.99. The molecule has 0 aliphatic carbocycles. The van der Waals surface area contributed by atoms with Crippen molar-refractivity contribution in [3.05, 3.63) is 88.7 Å². The van der Waals surface area contributed by atoms with Gasteiger partial charge in [-0.15, -0.1) is 0 Å². The van der Waals surface area contributed by atoms with Crippen molar-refractivity contribution in [3.8, 4) is 0 Å². The van der Waals surface area contributed by atoms with Gasteiger partial charge in [0.25, 0.3) is 5.91 Å². The van der Waals surface area contributed by atoms with E-state index in [1.807, 2.05) is 32.0 Å². The Bertz CT molecular complexity index is 1210. The topological polar surface area (TPSA) is 46.1 Å². The Hall–Kier alpha value is -3.19. The number of hydrogen-bond donors (Lipinski definition) is 0. The quantitative estimate of drug-likeness (QED) is 0.451. The number of nitrogens with zero attached hydrogens (tertiary/aromatic N) is 3. The average Bonchev–Trinajstić information content (AvgIpc) is 3.10. The van der Waals surface area contributed by atoms with Gasteiger partial charge in [-0.25, -0.2) is 13.8 Å². The minimum absolute atomic E-state index is 0.0471. The Balaban J connectivity index is 1.82. The maximum atomic E-state index is 14.2. The second kappa shape index (κ2) is 7.67. The van der Waals surface area contributed by atoms with Crippen LogP contribution in [0.4, 0.5) is 13.9 Å². The lowest BCUT2D eigenvalue weighted by molar-refractivity contribution is 0.0984. The van der Waals surface area contributed by atoms with E-state index in [1.54, 1.807) is 24.4 Å². The lowest BCUT2D eigenvalue weighted by Crippen LogP contribution is -2.31. The minimum Gasteiger partial charge on any atom is -0.278 e. The lowest BCUT2D eigenvalue weighted by Gasteiger charge is -2.20. The predicted octanol–water partition coefficient (Wildman–Crippen LogP) is 5.43. The van der Waals surface area contributed by atoms with Gasteiger partial charge in [0.15, 0.2) is 10.9 Å². The molecule has 2 aromatic carbocycles. The first-order valence-corrected chi connectivity index (χ1v) is 9.78. The highest BCUT2D eigenvalue weighted by atomic mass is 32.1. The third kappa shape index (κ3) is 3.86. The largest absolute Gasteiger partial charge is 0.278 e. The number of hydrogen-bond acceptors (Lipinski definition) is 4. The number of fused-ring (bicyclic) bond motifs is 1. The van der Waals surface area contributed by atoms with E-state index >= 15 is 0 Å². The molecule has 29 heavy (non-hydrogen) atoms. The number of thiazole rings is 1. The van der Waals surface area contributed by atoms with Crippen LogP contribution in [0.5, 0.6) is 0 Å². The lowest BCUT2D eigenvalue weighted by atomic mass is 10.0. The van der Waals surface area contributed by atoms with E-state index in [1.165, 1.54) is 11.0 Å². The maximum absolute atomic E-state index is 14.2. The number of pyridine rings is 1. The van der Waals surface area contributed by atoms with Crippen LogP contribution in [0.25, 0.3) is 10.2 Å². The summed E-state index contributed by atoms with van der Waals surface area (Å²) in [5.41, 5.74) is 3.12. The SMILES string of the molecule is Cc1ccc(C(=O)N(Cc2ccccn2)c2nc3c(F)cc(F)cc3s2)c(C)c1. The normalized spacial score (nSPS) is 11.0. The smallest absolute Gasteiger partial charge is 0.260 e. The van der Waals surface area contributed by atoms with Crippen molar-refractivity contribution < 1.29 is 13.6 Å². The van der Waals surface area contributed by atoms with Gasteiger partial charge in [-0.1, -0.05) is 35.1 Å². The fraction of sp³-hybridized carbons (Fsp3) is 0.136. The molecule has 4 rings (SSSR count). The first-order chi connectivity index (χ1) is 13.9. The number of halogens is 2. The molecule has 2 aromatic heterocycles. The van der Waals surface area contributed by atoms with Gasteiger partial charge in [0.2, 0.25) is 0 Å². The van der Waals surface area contributed by atoms with Crippen molar-refractivity contribution >= 4 is 32.6 Å². The van der Waals surface area contributed by atoms with Crippen molar-refractivity contribution in [2.45, 2.75) is 20.4 Å². The van der Waals surface area contributed by atoms with Crippen molar-refractivity contribution in [1.29, 1.82) is 0 Å². The van der Waals surface area contributed by atoms with Gasteiger partial charge in [0.05, 0.1) is 16.9 Å². The maximum Gasteiger partial charge on any atom is 0.260 e. The number of amides is 1. The van der Waals surface area contributed by atoms with Gasteiger partial charge in [0, 0.05) is 17.8 Å². The molecule has 0 aliphatic heterocycles. The zero-order valence-electron chi connectivity index (χ0n) is 15.8. The van der Waals surface area contributed by atoms with Gasteiger partial charge in [-0.2, -0.15) is 0 Å². The molecule has 0 N–H and O–H groups in total. The number of carbonyl (C=O) groups is 1. The third-order valence-corrected chi connectivity index (χ3v) is 5.56. The van der Waals surface area contributed by atoms with Crippen LogP contribution in [0, 0.1) is 25.5 Å². The highest BCUT2D eigenvalue weighted by Gasteiger charge is 2.24. The molecule has 0 radical (unpaired) electrons. The molecule has 7 heteroatoms. The van der Waals surface area contributed by atoms with E-state index in [-0.39, 0.29) is 18.0 Å². The van der Waals surface area contributed by atoms with E-state index in [0.717, 1.165) is 28.5 Å². The second-order valence-electron chi connectivity index (χ2n) is 6.76. The number of benzene rings is 2. The molecule has 0 atom stereocenters. The number of anilines is 1. The van der Waals surface area contributed by atoms with Crippen LogP contribution in [-0.2, 0) is 6.54 Å². The van der Waals surface area contributed by atoms with Crippen LogP contribution in [0.15, 0.2) is 54.7 Å². The number of aromatic nitrogens is 2. The summed E-state index contributed by atoms with van der Waals surface area (Å²) >= 11 is 1.07. The van der Waals surface area contributed by atoms with Gasteiger partial charge >= 0.3 is 0 Å². The summed E-state index contributed by atoms with van der Waals surface area (Å²) in [4.78, 5) is 23.5. The molecule has 0 saturated heterocycles. The summed E-state index contributed by atoms with van der Waals surface area (Å²) in [5, 5.41) is 0.292. The summed E-state index contributed by atoms with van der Waals surface area (Å²) in [5.74, 6) is -1.70. The molecule has 4 aromatic rings. The van der Waals surface area contributed by atoms with Crippen LogP contribution < -0.4 is 4.90 Å². The standard InChI is InChI=1S/C22H17F2N3OS/c1-13-6-7-17(14(2)9-13)21(28)27(12-16-5-3-4-8-25-16)22-26-20-18(24)10-15(23)11-19(20)29-22/h3-11H,12H2,1-2H3. The molecule has 0 unspecified atom stereocenters. The van der Waals surface area contributed by atoms with Crippen molar-refractivity contribution in [1.82, 2.24) is 9.97 Å². The van der Waals surface area contributed by atoms with Crippen LogP contribution in [0.2, 0.25) is 0 Å². The van der Waals surface area contributed by atoms with E-state index in [9.17, 15) is 13.6 Å². The summed E-state index contributed by atoms with van der Waals surface area (Å²) < 4.78 is 28.1. The molecular weight excluding hydrogens is 392 g/mol. The molecular formula is C22H17F2N3OS. The molecule has 146 valence electrons. The van der Waals surface area contributed by atoms with E-state index in [0.29, 0.717) is 21.1 Å². The monoisotopic (exact) mass is 409 g/mol. The Morgan fingerprint density at radius 3 is 2.66 bits per heavy atom. The van der Waals surface area contributed by atoms with E-state index in [2.05, 4.69) is 9.97 Å². The van der Waals surface area contributed by atoms with Gasteiger partial charge < -0.3 is 0 Å². The Kier molecular flexibility index (Phi) is 5.07. The predicted molar refractivity (Wildman–Crippen MR) is 110 cm³/mol. The van der Waals surface area contributed by atoms with Crippen LogP contribution in [-0.4, -0.2) is 15.9 Å². The molecule has 4 nitrogen and oxygen atoms in total. The van der Waals surface area contributed by atoms with Gasteiger partial charge in [-0.3, -0.25) is 14.7 Å². The van der Waals surface area contributed by atoms with E-state index < -0.39 is 11.6 Å². The Morgan fingerprint density at radius 1 is 1.10 bits per heavy atom. The van der Waals surface area contributed by atoms with Crippen LogP contribution >= 0.6 is 11.3 Å². The molecule has 0 aliphatic rings. The minimum atomic E-state index is -0.751. The zero-order chi connectivity index (χ0) is 20.5. The molecule has 0 bridgehead atoms. The van der Waals surface area contributed by atoms with Gasteiger partial charge in [0.1, 0.15) is 11.3 Å². The second-order valence-corrected chi connectivity index (χ2v) is 7.77. The number of rotatable bonds is 4. The number of carbonyl (C=O) groups excluding carboxylic acids is 1. The van der Waals surface area contributed by atoms with Crippen LogP contribution in [0.1, 0.15) is 27.2 Å². The molecule has 0 spiro atoms. The van der Waals surface area contributed by atoms with Gasteiger partial charge in [-0.05, 0) is 43.7 Å². The van der Waals surface area contributed by atoms with Crippen LogP contribution in [0.3, 0.4) is 0 Å². The molecule has 0 fully saturated rings. The molecule has 0 saturated carbocycles. The first kappa shape index (κ1) is 19.1. The van der Waals surface area contributed by atoms with E-state index in [4.69, 9.17) is 0 Å². The fourth-order valence-corrected chi connectivity index (χ4v) is 4.14. The summed E-state index contributed by atoms with van der Waals surface area (Å²) in [7, 11) is 0. The Labute approximate surface area is 170 Å². The summed E-state index contributed by atoms with van der Waals surface area (Å²) in [6.07, 6.45) is 1.64. The average molecular weight is 409 g/mol. The summed E-state index contributed by atoms with van der Waals surface area (Å²) in [6, 6.07) is 13.0. The number of aryl methyl sites for hydroxylation is 2. The first-order valence-electron chi connectivity index (χ1n) is 8.97. The van der Waals surface area contributed by atoms with Crippen molar-refractivity contribution in [3.63, 3.8) is 0 Å². The zero-order valence-corrected chi connectivity index (χ0v) is 16.6. The third-order valence-electron chi connectivity index (χ3n) is 4.54. The van der Waals surface area contributed by atoms with Crippen molar-refractivity contribution in [2.24, 2.45) is 0 Å². The Morgan fingerprint density at radius 2 is 1.93 bits per heavy atom. The highest BCUT2D eigenvalue weighted by molar-refractivity contribution is 7.22. The molecule has 2 heterocycles. The fourth-order valence-electron chi connectivity index (χ4n) is 3.14. The molecule has 1 amide bonds.